The molecule has 9 heteroatoms. The lowest BCUT2D eigenvalue weighted by Crippen LogP contribution is -2.40. The molecule has 0 unspecified atom stereocenters. The maximum absolute atomic E-state index is 13.1. The van der Waals surface area contributed by atoms with Gasteiger partial charge in [-0.15, -0.1) is 0 Å². The number of aryl methyl sites for hydroxylation is 3. The van der Waals surface area contributed by atoms with Gasteiger partial charge in [-0.25, -0.2) is 9.07 Å². The smallest absolute Gasteiger partial charge is 0.273 e. The van der Waals surface area contributed by atoms with E-state index < -0.39 is 11.8 Å². The van der Waals surface area contributed by atoms with Gasteiger partial charge in [0.15, 0.2) is 0 Å². The molecule has 1 aromatic carbocycles. The van der Waals surface area contributed by atoms with Crippen molar-refractivity contribution in [3.05, 3.63) is 75.7 Å². The third-order valence-electron chi connectivity index (χ3n) is 4.11. The molecule has 0 fully saturated rings. The Labute approximate surface area is 171 Å². The second-order valence-corrected chi connectivity index (χ2v) is 6.64. The van der Waals surface area contributed by atoms with E-state index in [0.717, 1.165) is 0 Å². The molecule has 2 heterocycles. The molecule has 2 amide bonds. The minimum Gasteiger partial charge on any atom is -0.466 e. The summed E-state index contributed by atoms with van der Waals surface area (Å²) < 4.78 is 19.8. The maximum Gasteiger partial charge on any atom is 0.273 e. The van der Waals surface area contributed by atoms with Gasteiger partial charge < -0.3 is 4.42 Å². The highest BCUT2D eigenvalue weighted by atomic mass is 35.5. The van der Waals surface area contributed by atoms with Crippen LogP contribution in [-0.4, -0.2) is 21.6 Å². The number of carbonyl (C=O) groups excluding carboxylic acids is 2. The topological polar surface area (TPSA) is 89.2 Å². The fourth-order valence-electron chi connectivity index (χ4n) is 2.70. The van der Waals surface area contributed by atoms with Gasteiger partial charge in [0.2, 0.25) is 0 Å². The zero-order valence-corrected chi connectivity index (χ0v) is 16.7. The number of aromatic nitrogens is 2. The van der Waals surface area contributed by atoms with E-state index in [0.29, 0.717) is 34.0 Å². The average molecular weight is 417 g/mol. The molecule has 0 atom stereocenters. The molecule has 29 heavy (non-hydrogen) atoms. The van der Waals surface area contributed by atoms with Crippen LogP contribution in [0.4, 0.5) is 4.39 Å². The quantitative estimate of drug-likeness (QED) is 0.501. The van der Waals surface area contributed by atoms with Crippen LogP contribution in [0.1, 0.15) is 33.1 Å². The predicted molar refractivity (Wildman–Crippen MR) is 106 cm³/mol. The third kappa shape index (κ3) is 4.55. The first-order chi connectivity index (χ1) is 13.8. The van der Waals surface area contributed by atoms with Crippen molar-refractivity contribution in [3.63, 3.8) is 0 Å². The van der Waals surface area contributed by atoms with E-state index in [-0.39, 0.29) is 11.0 Å². The summed E-state index contributed by atoms with van der Waals surface area (Å²) in [6, 6.07) is 7.28. The zero-order valence-electron chi connectivity index (χ0n) is 15.9. The van der Waals surface area contributed by atoms with Crippen LogP contribution < -0.4 is 10.9 Å². The summed E-state index contributed by atoms with van der Waals surface area (Å²) >= 11 is 6.36. The highest BCUT2D eigenvalue weighted by Gasteiger charge is 2.15. The number of rotatable bonds is 4. The number of hydrazine groups is 1. The van der Waals surface area contributed by atoms with Gasteiger partial charge in [-0.3, -0.25) is 20.4 Å². The molecule has 0 saturated heterocycles. The molecule has 0 spiro atoms. The highest BCUT2D eigenvalue weighted by molar-refractivity contribution is 6.31. The van der Waals surface area contributed by atoms with Gasteiger partial charge in [-0.2, -0.15) is 5.10 Å². The Balaban J connectivity index is 1.68. The van der Waals surface area contributed by atoms with Crippen molar-refractivity contribution in [3.8, 4) is 5.69 Å². The average Bonchev–Trinajstić information content (AvgIpc) is 3.16. The number of amides is 2. The zero-order chi connectivity index (χ0) is 21.1. The standard InChI is InChI=1S/C20H18ClFN4O3/c1-11-10-17(13(3)29-11)20(28)24-23-18(27)9-8-16-12(2)25-26(19(16)21)15-6-4-14(22)5-7-15/h4-10H,1-3H3,(H,23,27)(H,24,28)/b9-8+. The highest BCUT2D eigenvalue weighted by Crippen LogP contribution is 2.24. The van der Waals surface area contributed by atoms with Crippen LogP contribution in [0.5, 0.6) is 0 Å². The maximum atomic E-state index is 13.1. The summed E-state index contributed by atoms with van der Waals surface area (Å²) in [7, 11) is 0. The lowest BCUT2D eigenvalue weighted by atomic mass is 10.2. The van der Waals surface area contributed by atoms with Crippen molar-refractivity contribution in [1.82, 2.24) is 20.6 Å². The number of benzene rings is 1. The first-order valence-electron chi connectivity index (χ1n) is 8.62. The Hall–Kier alpha value is -3.39. The fourth-order valence-corrected chi connectivity index (χ4v) is 3.03. The van der Waals surface area contributed by atoms with Crippen molar-refractivity contribution in [2.24, 2.45) is 0 Å². The van der Waals surface area contributed by atoms with E-state index in [1.165, 1.54) is 29.0 Å². The SMILES string of the molecule is Cc1cc(C(=O)NNC(=O)/C=C/c2c(C)nn(-c3ccc(F)cc3)c2Cl)c(C)o1. The molecule has 0 radical (unpaired) electrons. The van der Waals surface area contributed by atoms with Crippen molar-refractivity contribution in [2.75, 3.05) is 0 Å². The van der Waals surface area contributed by atoms with E-state index in [4.69, 9.17) is 16.0 Å². The third-order valence-corrected chi connectivity index (χ3v) is 4.47. The van der Waals surface area contributed by atoms with Gasteiger partial charge in [0.25, 0.3) is 11.8 Å². The first kappa shape index (κ1) is 20.3. The summed E-state index contributed by atoms with van der Waals surface area (Å²) in [4.78, 5) is 24.1. The number of furan rings is 1. The molecule has 0 saturated carbocycles. The summed E-state index contributed by atoms with van der Waals surface area (Å²) in [6.07, 6.45) is 2.71. The Kier molecular flexibility index (Phi) is 5.84. The lowest BCUT2D eigenvalue weighted by molar-refractivity contribution is -0.117. The van der Waals surface area contributed by atoms with Gasteiger partial charge in [0.05, 0.1) is 16.9 Å². The van der Waals surface area contributed by atoms with Crippen LogP contribution in [0.2, 0.25) is 5.15 Å². The van der Waals surface area contributed by atoms with Crippen LogP contribution in [0.25, 0.3) is 11.8 Å². The normalized spacial score (nSPS) is 11.1. The summed E-state index contributed by atoms with van der Waals surface area (Å²) in [5.74, 6) is -0.350. The summed E-state index contributed by atoms with van der Waals surface area (Å²) in [6.45, 7) is 5.12. The molecule has 0 aliphatic rings. The van der Waals surface area contributed by atoms with E-state index in [1.54, 1.807) is 39.0 Å². The molecule has 7 nitrogen and oxygen atoms in total. The molecule has 3 aromatic rings. The van der Waals surface area contributed by atoms with E-state index in [2.05, 4.69) is 16.0 Å². The van der Waals surface area contributed by atoms with Gasteiger partial charge in [0.1, 0.15) is 22.5 Å². The van der Waals surface area contributed by atoms with Crippen LogP contribution in [0.3, 0.4) is 0 Å². The molecule has 0 bridgehead atoms. The van der Waals surface area contributed by atoms with Crippen LogP contribution in [0.15, 0.2) is 40.8 Å². The van der Waals surface area contributed by atoms with Crippen molar-refractivity contribution in [1.29, 1.82) is 0 Å². The van der Waals surface area contributed by atoms with Gasteiger partial charge in [-0.1, -0.05) is 11.6 Å². The Bertz CT molecular complexity index is 1100. The number of carbonyl (C=O) groups is 2. The summed E-state index contributed by atoms with van der Waals surface area (Å²) in [5, 5.41) is 4.58. The number of nitrogens with zero attached hydrogens (tertiary/aromatic N) is 2. The minimum absolute atomic E-state index is 0.270. The monoisotopic (exact) mass is 416 g/mol. The van der Waals surface area contributed by atoms with Crippen molar-refractivity contribution in [2.45, 2.75) is 20.8 Å². The van der Waals surface area contributed by atoms with Crippen LogP contribution >= 0.6 is 11.6 Å². The molecule has 0 aliphatic carbocycles. The number of halogens is 2. The largest absolute Gasteiger partial charge is 0.466 e. The second-order valence-electron chi connectivity index (χ2n) is 6.28. The molecule has 3 rings (SSSR count). The van der Waals surface area contributed by atoms with E-state index in [9.17, 15) is 14.0 Å². The van der Waals surface area contributed by atoms with Gasteiger partial charge in [0, 0.05) is 11.6 Å². The van der Waals surface area contributed by atoms with Gasteiger partial charge in [-0.05, 0) is 57.2 Å². The molecule has 2 aromatic heterocycles. The van der Waals surface area contributed by atoms with E-state index in [1.807, 2.05) is 0 Å². The Morgan fingerprint density at radius 1 is 1.17 bits per heavy atom. The minimum atomic E-state index is -0.554. The number of hydrogen-bond donors (Lipinski definition) is 2. The number of hydrogen-bond acceptors (Lipinski definition) is 4. The molecule has 150 valence electrons. The van der Waals surface area contributed by atoms with Crippen LogP contribution in [-0.2, 0) is 4.79 Å². The molecule has 2 N–H and O–H groups in total. The fraction of sp³-hybridized carbons (Fsp3) is 0.150. The van der Waals surface area contributed by atoms with Crippen LogP contribution in [0, 0.1) is 26.6 Å². The lowest BCUT2D eigenvalue weighted by Gasteiger charge is -2.04. The van der Waals surface area contributed by atoms with Crippen molar-refractivity contribution >= 4 is 29.5 Å². The molecule has 0 aliphatic heterocycles. The van der Waals surface area contributed by atoms with Crippen molar-refractivity contribution < 1.29 is 18.4 Å². The van der Waals surface area contributed by atoms with Gasteiger partial charge >= 0.3 is 0 Å². The summed E-state index contributed by atoms with van der Waals surface area (Å²) in [5.41, 5.74) is 6.64. The Morgan fingerprint density at radius 2 is 1.86 bits per heavy atom. The molecular formula is C20H18ClFN4O3. The first-order valence-corrected chi connectivity index (χ1v) is 9.00. The Morgan fingerprint density at radius 3 is 2.48 bits per heavy atom. The second kappa shape index (κ2) is 8.32. The molecular weight excluding hydrogens is 399 g/mol. The predicted octanol–water partition coefficient (Wildman–Crippen LogP) is 3.66. The number of nitrogens with one attached hydrogen (secondary N) is 2. The van der Waals surface area contributed by atoms with E-state index >= 15 is 0 Å².